The molecule has 0 aliphatic carbocycles. The first kappa shape index (κ1) is 19.7. The SMILES string of the molecule is Cc1ccc(C)c(OC2CCN(C(=O)COc3cccc([N+](=O)[O-])c3)CC2)c1. The highest BCUT2D eigenvalue weighted by atomic mass is 16.6. The average molecular weight is 384 g/mol. The van der Waals surface area contributed by atoms with E-state index in [0.717, 1.165) is 29.7 Å². The number of rotatable bonds is 6. The van der Waals surface area contributed by atoms with Gasteiger partial charge in [-0.2, -0.15) is 0 Å². The van der Waals surface area contributed by atoms with Crippen LogP contribution in [0.5, 0.6) is 11.5 Å². The summed E-state index contributed by atoms with van der Waals surface area (Å²) in [6.07, 6.45) is 1.61. The third kappa shape index (κ3) is 5.00. The highest BCUT2D eigenvalue weighted by Gasteiger charge is 2.24. The van der Waals surface area contributed by atoms with Crippen molar-refractivity contribution in [2.45, 2.75) is 32.8 Å². The van der Waals surface area contributed by atoms with E-state index >= 15 is 0 Å². The normalized spacial score (nSPS) is 14.6. The largest absolute Gasteiger partial charge is 0.490 e. The second-order valence-corrected chi connectivity index (χ2v) is 7.01. The van der Waals surface area contributed by atoms with Crippen LogP contribution in [-0.2, 0) is 4.79 Å². The molecule has 0 aromatic heterocycles. The molecule has 148 valence electrons. The number of hydrogen-bond acceptors (Lipinski definition) is 5. The minimum Gasteiger partial charge on any atom is -0.490 e. The predicted octanol–water partition coefficient (Wildman–Crippen LogP) is 3.66. The molecule has 0 unspecified atom stereocenters. The molecule has 0 saturated carbocycles. The molecule has 1 aliphatic heterocycles. The summed E-state index contributed by atoms with van der Waals surface area (Å²) in [4.78, 5) is 24.4. The summed E-state index contributed by atoms with van der Waals surface area (Å²) in [6, 6.07) is 12.0. The van der Waals surface area contributed by atoms with Crippen LogP contribution in [0.3, 0.4) is 0 Å². The Labute approximate surface area is 164 Å². The summed E-state index contributed by atoms with van der Waals surface area (Å²) in [7, 11) is 0. The van der Waals surface area contributed by atoms with Gasteiger partial charge in [0, 0.05) is 32.0 Å². The monoisotopic (exact) mass is 384 g/mol. The molecule has 1 fully saturated rings. The van der Waals surface area contributed by atoms with Crippen LogP contribution < -0.4 is 9.47 Å². The number of amides is 1. The Kier molecular flexibility index (Phi) is 6.13. The molecule has 7 nitrogen and oxygen atoms in total. The van der Waals surface area contributed by atoms with Crippen LogP contribution in [0.2, 0.25) is 0 Å². The van der Waals surface area contributed by atoms with Gasteiger partial charge in [0.2, 0.25) is 0 Å². The molecule has 28 heavy (non-hydrogen) atoms. The van der Waals surface area contributed by atoms with Crippen LogP contribution in [-0.4, -0.2) is 41.5 Å². The van der Waals surface area contributed by atoms with Crippen molar-refractivity contribution in [3.05, 3.63) is 63.7 Å². The molecule has 0 N–H and O–H groups in total. The number of non-ortho nitro benzene ring substituents is 1. The molecular formula is C21H24N2O5. The van der Waals surface area contributed by atoms with Gasteiger partial charge in [0.15, 0.2) is 6.61 Å². The molecule has 3 rings (SSSR count). The third-order valence-electron chi connectivity index (χ3n) is 4.82. The Bertz CT molecular complexity index is 860. The van der Waals surface area contributed by atoms with Gasteiger partial charge in [-0.25, -0.2) is 0 Å². The lowest BCUT2D eigenvalue weighted by Gasteiger charge is -2.32. The number of ether oxygens (including phenoxy) is 2. The van der Waals surface area contributed by atoms with Crippen LogP contribution in [0.1, 0.15) is 24.0 Å². The number of carbonyl (C=O) groups is 1. The minimum atomic E-state index is -0.491. The minimum absolute atomic E-state index is 0.0608. The second-order valence-electron chi connectivity index (χ2n) is 7.01. The zero-order valence-corrected chi connectivity index (χ0v) is 16.1. The molecular weight excluding hydrogens is 360 g/mol. The van der Waals surface area contributed by atoms with Crippen molar-refractivity contribution in [2.75, 3.05) is 19.7 Å². The Hall–Kier alpha value is -3.09. The lowest BCUT2D eigenvalue weighted by atomic mass is 10.1. The Balaban J connectivity index is 1.48. The molecule has 2 aromatic rings. The standard InChI is InChI=1S/C21H24N2O5/c1-15-6-7-16(2)20(12-15)28-18-8-10-22(11-9-18)21(24)14-27-19-5-3-4-17(13-19)23(25)26/h3-7,12-13,18H,8-11,14H2,1-2H3. The van der Waals surface area contributed by atoms with Crippen LogP contribution in [0, 0.1) is 24.0 Å². The summed E-state index contributed by atoms with van der Waals surface area (Å²) < 4.78 is 11.6. The number of nitrogens with zero attached hydrogens (tertiary/aromatic N) is 2. The fraction of sp³-hybridized carbons (Fsp3) is 0.381. The summed E-state index contributed by atoms with van der Waals surface area (Å²) in [5.41, 5.74) is 2.20. The zero-order chi connectivity index (χ0) is 20.1. The quantitative estimate of drug-likeness (QED) is 0.561. The van der Waals surface area contributed by atoms with Gasteiger partial charge in [0.05, 0.1) is 11.0 Å². The molecule has 0 atom stereocenters. The van der Waals surface area contributed by atoms with Crippen LogP contribution >= 0.6 is 0 Å². The van der Waals surface area contributed by atoms with Crippen LogP contribution in [0.15, 0.2) is 42.5 Å². The number of nitro groups is 1. The van der Waals surface area contributed by atoms with E-state index in [1.807, 2.05) is 19.9 Å². The van der Waals surface area contributed by atoms with E-state index in [4.69, 9.17) is 9.47 Å². The number of aryl methyl sites for hydroxylation is 2. The first-order chi connectivity index (χ1) is 13.4. The Morgan fingerprint density at radius 3 is 2.64 bits per heavy atom. The predicted molar refractivity (Wildman–Crippen MR) is 105 cm³/mol. The van der Waals surface area contributed by atoms with Crippen molar-refractivity contribution in [3.63, 3.8) is 0 Å². The van der Waals surface area contributed by atoms with E-state index in [9.17, 15) is 14.9 Å². The number of hydrogen-bond donors (Lipinski definition) is 0. The first-order valence-corrected chi connectivity index (χ1v) is 9.31. The molecule has 0 radical (unpaired) electrons. The van der Waals surface area contributed by atoms with Crippen molar-refractivity contribution in [3.8, 4) is 11.5 Å². The van der Waals surface area contributed by atoms with Gasteiger partial charge >= 0.3 is 0 Å². The maximum Gasteiger partial charge on any atom is 0.273 e. The van der Waals surface area contributed by atoms with Gasteiger partial charge in [0.25, 0.3) is 11.6 Å². The Morgan fingerprint density at radius 1 is 1.18 bits per heavy atom. The molecule has 1 aliphatic rings. The van der Waals surface area contributed by atoms with E-state index in [1.54, 1.807) is 11.0 Å². The molecule has 7 heteroatoms. The first-order valence-electron chi connectivity index (χ1n) is 9.31. The Morgan fingerprint density at radius 2 is 1.93 bits per heavy atom. The van der Waals surface area contributed by atoms with Crippen LogP contribution in [0.25, 0.3) is 0 Å². The van der Waals surface area contributed by atoms with Crippen molar-refractivity contribution < 1.29 is 19.2 Å². The number of benzene rings is 2. The molecule has 1 heterocycles. The molecule has 0 bridgehead atoms. The van der Waals surface area contributed by atoms with E-state index < -0.39 is 4.92 Å². The summed E-state index contributed by atoms with van der Waals surface area (Å²) in [5.74, 6) is 1.09. The van der Waals surface area contributed by atoms with E-state index in [1.165, 1.54) is 18.2 Å². The van der Waals surface area contributed by atoms with E-state index in [-0.39, 0.29) is 24.3 Å². The number of piperidine rings is 1. The third-order valence-corrected chi connectivity index (χ3v) is 4.82. The van der Waals surface area contributed by atoms with Crippen LogP contribution in [0.4, 0.5) is 5.69 Å². The maximum absolute atomic E-state index is 12.4. The van der Waals surface area contributed by atoms with Gasteiger partial charge in [0.1, 0.15) is 17.6 Å². The van der Waals surface area contributed by atoms with Crippen molar-refractivity contribution in [2.24, 2.45) is 0 Å². The van der Waals surface area contributed by atoms with Crippen molar-refractivity contribution in [1.29, 1.82) is 0 Å². The van der Waals surface area contributed by atoms with Gasteiger partial charge in [-0.15, -0.1) is 0 Å². The lowest BCUT2D eigenvalue weighted by molar-refractivity contribution is -0.384. The van der Waals surface area contributed by atoms with E-state index in [2.05, 4.69) is 12.1 Å². The topological polar surface area (TPSA) is 81.9 Å². The van der Waals surface area contributed by atoms with Gasteiger partial charge in [-0.3, -0.25) is 14.9 Å². The fourth-order valence-electron chi connectivity index (χ4n) is 3.16. The smallest absolute Gasteiger partial charge is 0.273 e. The van der Waals surface area contributed by atoms with Crippen molar-refractivity contribution >= 4 is 11.6 Å². The van der Waals surface area contributed by atoms with E-state index in [0.29, 0.717) is 18.8 Å². The highest BCUT2D eigenvalue weighted by Crippen LogP contribution is 2.24. The van der Waals surface area contributed by atoms with Gasteiger partial charge < -0.3 is 14.4 Å². The molecule has 1 amide bonds. The molecule has 2 aromatic carbocycles. The average Bonchev–Trinajstić information content (AvgIpc) is 2.69. The maximum atomic E-state index is 12.4. The number of carbonyl (C=O) groups excluding carboxylic acids is 1. The molecule has 0 spiro atoms. The lowest BCUT2D eigenvalue weighted by Crippen LogP contribution is -2.43. The van der Waals surface area contributed by atoms with Gasteiger partial charge in [-0.05, 0) is 37.1 Å². The number of nitro benzene ring substituents is 1. The second kappa shape index (κ2) is 8.73. The van der Waals surface area contributed by atoms with Gasteiger partial charge in [-0.1, -0.05) is 18.2 Å². The number of likely N-dealkylation sites (tertiary alicyclic amines) is 1. The fourth-order valence-corrected chi connectivity index (χ4v) is 3.16. The zero-order valence-electron chi connectivity index (χ0n) is 16.1. The summed E-state index contributed by atoms with van der Waals surface area (Å²) in [5, 5.41) is 10.8. The highest BCUT2D eigenvalue weighted by molar-refractivity contribution is 5.77. The molecule has 1 saturated heterocycles. The summed E-state index contributed by atoms with van der Waals surface area (Å²) in [6.45, 7) is 5.14. The van der Waals surface area contributed by atoms with Crippen molar-refractivity contribution in [1.82, 2.24) is 4.90 Å². The summed E-state index contributed by atoms with van der Waals surface area (Å²) >= 11 is 0.